The molecule has 1 heterocycles. The van der Waals surface area contributed by atoms with E-state index in [4.69, 9.17) is 9.47 Å². The van der Waals surface area contributed by atoms with E-state index in [0.29, 0.717) is 6.42 Å². The van der Waals surface area contributed by atoms with Crippen molar-refractivity contribution in [3.8, 4) is 0 Å². The van der Waals surface area contributed by atoms with E-state index in [1.807, 2.05) is 6.08 Å². The van der Waals surface area contributed by atoms with Crippen LogP contribution in [0.25, 0.3) is 0 Å². The van der Waals surface area contributed by atoms with Crippen LogP contribution in [0.15, 0.2) is 23.8 Å². The fourth-order valence-electron chi connectivity index (χ4n) is 9.33. The number of Topliss-reactive ketones (excluding diaryl/α,β-unsaturated/α-hetero) is 1. The molecule has 6 rings (SSSR count). The number of rotatable bonds is 3. The maximum absolute atomic E-state index is 13.5. The van der Waals surface area contributed by atoms with E-state index in [1.54, 1.807) is 12.2 Å². The van der Waals surface area contributed by atoms with E-state index in [0.717, 1.165) is 50.5 Å². The maximum Gasteiger partial charge on any atom is 0.193 e. The van der Waals surface area contributed by atoms with Crippen LogP contribution in [0.1, 0.15) is 71.6 Å². The lowest BCUT2D eigenvalue weighted by Crippen LogP contribution is -2.63. The molecular weight excluding hydrogens is 432 g/mol. The van der Waals surface area contributed by atoms with Gasteiger partial charge in [0, 0.05) is 22.7 Å². The quantitative estimate of drug-likeness (QED) is 0.656. The smallest absolute Gasteiger partial charge is 0.193 e. The summed E-state index contributed by atoms with van der Waals surface area (Å²) in [7, 11) is 0. The first-order valence-corrected chi connectivity index (χ1v) is 13.3. The Morgan fingerprint density at radius 3 is 2.68 bits per heavy atom. The van der Waals surface area contributed by atoms with E-state index in [9.17, 15) is 19.8 Å². The minimum atomic E-state index is -1.20. The lowest BCUT2D eigenvalue weighted by atomic mass is 9.46. The molecule has 3 unspecified atom stereocenters. The van der Waals surface area contributed by atoms with Crippen LogP contribution in [0.2, 0.25) is 0 Å². The van der Waals surface area contributed by atoms with Gasteiger partial charge in [0.05, 0.1) is 12.2 Å². The van der Waals surface area contributed by atoms with Gasteiger partial charge in [0.2, 0.25) is 0 Å². The van der Waals surface area contributed by atoms with Gasteiger partial charge in [-0.1, -0.05) is 44.8 Å². The fraction of sp³-hybridized carbons (Fsp3) is 0.786. The van der Waals surface area contributed by atoms with Gasteiger partial charge in [-0.05, 0) is 62.5 Å². The molecule has 5 fully saturated rings. The molecule has 5 aliphatic carbocycles. The van der Waals surface area contributed by atoms with E-state index >= 15 is 0 Å². The van der Waals surface area contributed by atoms with Gasteiger partial charge in [-0.2, -0.15) is 0 Å². The Hall–Kier alpha value is -1.34. The number of ketones is 2. The van der Waals surface area contributed by atoms with Crippen LogP contribution < -0.4 is 0 Å². The summed E-state index contributed by atoms with van der Waals surface area (Å²) in [6.07, 6.45) is 12.5. The normalized spacial score (nSPS) is 50.2. The fourth-order valence-corrected chi connectivity index (χ4v) is 9.33. The van der Waals surface area contributed by atoms with Crippen molar-refractivity contribution < 1.29 is 29.3 Å². The van der Waals surface area contributed by atoms with Crippen molar-refractivity contribution in [1.82, 2.24) is 0 Å². The molecule has 0 aromatic heterocycles. The monoisotopic (exact) mass is 470 g/mol. The predicted molar refractivity (Wildman–Crippen MR) is 125 cm³/mol. The lowest BCUT2D eigenvalue weighted by Gasteiger charge is -2.59. The maximum atomic E-state index is 13.5. The number of hydrogen-bond donors (Lipinski definition) is 2. The Morgan fingerprint density at radius 1 is 1.18 bits per heavy atom. The zero-order valence-corrected chi connectivity index (χ0v) is 20.4. The van der Waals surface area contributed by atoms with Crippen LogP contribution in [0, 0.1) is 34.5 Å². The SMILES string of the molecule is C[C@]12C=CC(=O)C=C1CC[C@@H]1[C@@H]2C(O)C[C@@]2(C)[C@H]1CC1OC(C3CCCCC3)O[C@]12C(=O)CO. The van der Waals surface area contributed by atoms with Crippen LogP contribution in [0.5, 0.6) is 0 Å². The van der Waals surface area contributed by atoms with Gasteiger partial charge in [-0.3, -0.25) is 9.59 Å². The summed E-state index contributed by atoms with van der Waals surface area (Å²) in [6, 6.07) is 0. The van der Waals surface area contributed by atoms with Gasteiger partial charge in [-0.25, -0.2) is 0 Å². The van der Waals surface area contributed by atoms with Gasteiger partial charge in [0.25, 0.3) is 0 Å². The minimum absolute atomic E-state index is 0.0100. The number of ether oxygens (including phenoxy) is 2. The Labute approximate surface area is 201 Å². The number of allylic oxidation sites excluding steroid dienone is 4. The Balaban J connectivity index is 1.37. The van der Waals surface area contributed by atoms with Gasteiger partial charge in [0.1, 0.15) is 6.61 Å². The van der Waals surface area contributed by atoms with Crippen LogP contribution in [0.3, 0.4) is 0 Å². The number of aliphatic hydroxyl groups is 2. The van der Waals surface area contributed by atoms with Crippen molar-refractivity contribution in [2.45, 2.75) is 95.7 Å². The first-order chi connectivity index (χ1) is 16.2. The molecule has 186 valence electrons. The summed E-state index contributed by atoms with van der Waals surface area (Å²) in [5.41, 5.74) is -1.04. The summed E-state index contributed by atoms with van der Waals surface area (Å²) >= 11 is 0. The minimum Gasteiger partial charge on any atom is -0.393 e. The second-order valence-electron chi connectivity index (χ2n) is 12.3. The average Bonchev–Trinajstić information content (AvgIpc) is 3.32. The highest BCUT2D eigenvalue weighted by Gasteiger charge is 2.76. The number of carbonyl (C=O) groups excluding carboxylic acids is 2. The van der Waals surface area contributed by atoms with E-state index < -0.39 is 30.0 Å². The van der Waals surface area contributed by atoms with Crippen LogP contribution in [-0.2, 0) is 19.1 Å². The highest BCUT2D eigenvalue weighted by atomic mass is 16.7. The molecule has 6 aliphatic rings. The number of hydrogen-bond acceptors (Lipinski definition) is 6. The third kappa shape index (κ3) is 2.89. The van der Waals surface area contributed by atoms with Crippen molar-refractivity contribution in [2.75, 3.05) is 6.61 Å². The van der Waals surface area contributed by atoms with Gasteiger partial charge in [-0.15, -0.1) is 0 Å². The first-order valence-electron chi connectivity index (χ1n) is 13.3. The molecule has 0 amide bonds. The molecule has 6 nitrogen and oxygen atoms in total. The first kappa shape index (κ1) is 23.1. The second-order valence-corrected chi connectivity index (χ2v) is 12.3. The lowest BCUT2D eigenvalue weighted by molar-refractivity contribution is -0.209. The highest BCUT2D eigenvalue weighted by molar-refractivity contribution is 6.01. The average molecular weight is 471 g/mol. The van der Waals surface area contributed by atoms with Crippen LogP contribution >= 0.6 is 0 Å². The Kier molecular flexibility index (Phi) is 5.31. The molecule has 4 saturated carbocycles. The molecule has 6 heteroatoms. The number of aliphatic hydroxyl groups excluding tert-OH is 2. The topological polar surface area (TPSA) is 93.1 Å². The third-order valence-corrected chi connectivity index (χ3v) is 10.8. The molecule has 0 radical (unpaired) electrons. The number of carbonyl (C=O) groups is 2. The molecule has 9 atom stereocenters. The van der Waals surface area contributed by atoms with Crippen molar-refractivity contribution >= 4 is 11.6 Å². The van der Waals surface area contributed by atoms with Crippen LogP contribution in [0.4, 0.5) is 0 Å². The van der Waals surface area contributed by atoms with Crippen molar-refractivity contribution in [3.05, 3.63) is 23.8 Å². The van der Waals surface area contributed by atoms with E-state index in [-0.39, 0.29) is 46.8 Å². The molecule has 0 spiro atoms. The molecule has 1 aliphatic heterocycles. The molecular formula is C28H38O6. The van der Waals surface area contributed by atoms with Crippen molar-refractivity contribution in [3.63, 3.8) is 0 Å². The van der Waals surface area contributed by atoms with Gasteiger partial charge < -0.3 is 19.7 Å². The zero-order chi connectivity index (χ0) is 23.9. The second kappa shape index (κ2) is 7.83. The molecule has 2 N–H and O–H groups in total. The summed E-state index contributed by atoms with van der Waals surface area (Å²) in [5.74, 6) is 0.360. The van der Waals surface area contributed by atoms with E-state index in [1.165, 1.54) is 6.42 Å². The summed E-state index contributed by atoms with van der Waals surface area (Å²) in [5, 5.41) is 21.7. The van der Waals surface area contributed by atoms with Crippen molar-refractivity contribution in [1.29, 1.82) is 0 Å². The molecule has 0 aromatic carbocycles. The zero-order valence-electron chi connectivity index (χ0n) is 20.4. The summed E-state index contributed by atoms with van der Waals surface area (Å²) in [4.78, 5) is 25.6. The van der Waals surface area contributed by atoms with Crippen LogP contribution in [-0.4, -0.2) is 52.5 Å². The molecule has 34 heavy (non-hydrogen) atoms. The number of fused-ring (bicyclic) bond motifs is 7. The summed E-state index contributed by atoms with van der Waals surface area (Å²) < 4.78 is 13.3. The highest BCUT2D eigenvalue weighted by Crippen LogP contribution is 2.70. The molecule has 0 aromatic rings. The van der Waals surface area contributed by atoms with E-state index in [2.05, 4.69) is 13.8 Å². The Morgan fingerprint density at radius 2 is 1.94 bits per heavy atom. The third-order valence-electron chi connectivity index (χ3n) is 10.8. The molecule has 0 bridgehead atoms. The standard InChI is InChI=1S/C28H38O6/c1-26-11-10-18(30)12-17(26)8-9-19-20-13-23-28(22(32)15-29,27(20,2)14-21(31)24(19)26)34-25(33-23)16-6-4-3-5-7-16/h10-12,16,19-21,23-25,29,31H,3-9,13-15H2,1-2H3/t19-,20-,21?,23?,24+,25?,26-,27-,28+/m0/s1. The summed E-state index contributed by atoms with van der Waals surface area (Å²) in [6.45, 7) is 3.69. The van der Waals surface area contributed by atoms with Gasteiger partial charge in [0.15, 0.2) is 23.5 Å². The van der Waals surface area contributed by atoms with Gasteiger partial charge >= 0.3 is 0 Å². The largest absolute Gasteiger partial charge is 0.393 e. The molecule has 1 saturated heterocycles. The predicted octanol–water partition coefficient (Wildman–Crippen LogP) is 3.50. The van der Waals surface area contributed by atoms with Crippen molar-refractivity contribution in [2.24, 2.45) is 34.5 Å². The Bertz CT molecular complexity index is 949.